The average Bonchev–Trinajstić information content (AvgIpc) is 3.16. The number of nitrogens with two attached hydrogens (primary N) is 1. The first kappa shape index (κ1) is 16.2. The topological polar surface area (TPSA) is 49.6 Å². The predicted octanol–water partition coefficient (Wildman–Crippen LogP) is 2.42. The van der Waals surface area contributed by atoms with Crippen molar-refractivity contribution in [3.8, 4) is 0 Å². The number of halogens is 1. The second-order valence-corrected chi connectivity index (χ2v) is 8.14. The number of thiophene rings is 1. The first-order valence-corrected chi connectivity index (χ1v) is 9.32. The summed E-state index contributed by atoms with van der Waals surface area (Å²) in [5.74, 6) is 0.915. The minimum Gasteiger partial charge on any atom is -0.340 e. The highest BCUT2D eigenvalue weighted by molar-refractivity contribution is 7.16. The van der Waals surface area contributed by atoms with Crippen molar-refractivity contribution in [3.05, 3.63) is 21.3 Å². The molecule has 1 aromatic rings. The van der Waals surface area contributed by atoms with E-state index in [1.165, 1.54) is 4.88 Å². The van der Waals surface area contributed by atoms with Gasteiger partial charge in [0.05, 0.1) is 4.34 Å². The molecule has 2 N–H and O–H groups in total. The SMILES string of the molecule is NC[C@H]1CCC[C@H]1C(=O)N1CCN(Cc2ccc(Cl)s2)CC1. The van der Waals surface area contributed by atoms with Crippen LogP contribution in [0, 0.1) is 11.8 Å². The van der Waals surface area contributed by atoms with Gasteiger partial charge in [-0.1, -0.05) is 18.0 Å². The van der Waals surface area contributed by atoms with Crippen molar-refractivity contribution in [2.24, 2.45) is 17.6 Å². The Hall–Kier alpha value is -0.620. The Balaban J connectivity index is 1.50. The van der Waals surface area contributed by atoms with Crippen LogP contribution in [0.15, 0.2) is 12.1 Å². The number of carbonyl (C=O) groups is 1. The van der Waals surface area contributed by atoms with Crippen molar-refractivity contribution in [2.75, 3.05) is 32.7 Å². The smallest absolute Gasteiger partial charge is 0.226 e. The quantitative estimate of drug-likeness (QED) is 0.915. The molecule has 0 unspecified atom stereocenters. The minimum absolute atomic E-state index is 0.174. The fourth-order valence-electron chi connectivity index (χ4n) is 3.66. The van der Waals surface area contributed by atoms with Gasteiger partial charge < -0.3 is 10.6 Å². The highest BCUT2D eigenvalue weighted by Crippen LogP contribution is 2.32. The lowest BCUT2D eigenvalue weighted by Crippen LogP contribution is -2.50. The summed E-state index contributed by atoms with van der Waals surface area (Å²) in [6, 6.07) is 4.04. The standard InChI is InChI=1S/C16H24ClN3OS/c17-15-5-4-13(22-15)11-19-6-8-20(9-7-19)16(21)14-3-1-2-12(14)10-18/h4-5,12,14H,1-3,6-11,18H2/t12-,14-/m1/s1. The summed E-state index contributed by atoms with van der Waals surface area (Å²) in [7, 11) is 0. The molecule has 2 heterocycles. The van der Waals surface area contributed by atoms with Crippen LogP contribution in [0.3, 0.4) is 0 Å². The Morgan fingerprint density at radius 3 is 2.68 bits per heavy atom. The molecule has 1 aliphatic heterocycles. The summed E-state index contributed by atoms with van der Waals surface area (Å²) in [4.78, 5) is 18.4. The summed E-state index contributed by atoms with van der Waals surface area (Å²) in [6.45, 7) is 5.16. The van der Waals surface area contributed by atoms with E-state index in [4.69, 9.17) is 17.3 Å². The Kier molecular flexibility index (Phi) is 5.39. The molecule has 1 aliphatic carbocycles. The third-order valence-electron chi connectivity index (χ3n) is 4.97. The van der Waals surface area contributed by atoms with Crippen LogP contribution in [-0.4, -0.2) is 48.4 Å². The van der Waals surface area contributed by atoms with E-state index >= 15 is 0 Å². The summed E-state index contributed by atoms with van der Waals surface area (Å²) in [6.07, 6.45) is 3.29. The van der Waals surface area contributed by atoms with E-state index in [1.807, 2.05) is 6.07 Å². The summed E-state index contributed by atoms with van der Waals surface area (Å²) >= 11 is 7.62. The molecular formula is C16H24ClN3OS. The summed E-state index contributed by atoms with van der Waals surface area (Å²) < 4.78 is 0.845. The van der Waals surface area contributed by atoms with Gasteiger partial charge in [0.15, 0.2) is 0 Å². The molecule has 6 heteroatoms. The second kappa shape index (κ2) is 7.30. The number of carbonyl (C=O) groups excluding carboxylic acids is 1. The van der Waals surface area contributed by atoms with Crippen molar-refractivity contribution >= 4 is 28.8 Å². The van der Waals surface area contributed by atoms with Gasteiger partial charge in [0.2, 0.25) is 5.91 Å². The zero-order valence-corrected chi connectivity index (χ0v) is 14.4. The maximum Gasteiger partial charge on any atom is 0.226 e. The van der Waals surface area contributed by atoms with Crippen molar-refractivity contribution in [1.29, 1.82) is 0 Å². The fraction of sp³-hybridized carbons (Fsp3) is 0.688. The third kappa shape index (κ3) is 3.65. The molecule has 0 bridgehead atoms. The molecule has 122 valence electrons. The third-order valence-corrected chi connectivity index (χ3v) is 6.19. The van der Waals surface area contributed by atoms with E-state index in [-0.39, 0.29) is 5.92 Å². The lowest BCUT2D eigenvalue weighted by atomic mass is 9.94. The number of piperazine rings is 1. The Bertz CT molecular complexity index is 513. The van der Waals surface area contributed by atoms with Crippen molar-refractivity contribution in [3.63, 3.8) is 0 Å². The highest BCUT2D eigenvalue weighted by Gasteiger charge is 2.35. The lowest BCUT2D eigenvalue weighted by molar-refractivity contribution is -0.138. The molecule has 3 rings (SSSR count). The van der Waals surface area contributed by atoms with Gasteiger partial charge in [0, 0.05) is 43.5 Å². The number of amides is 1. The Morgan fingerprint density at radius 2 is 2.05 bits per heavy atom. The van der Waals surface area contributed by atoms with Crippen LogP contribution in [-0.2, 0) is 11.3 Å². The first-order chi connectivity index (χ1) is 10.7. The van der Waals surface area contributed by atoms with Crippen LogP contribution >= 0.6 is 22.9 Å². The van der Waals surface area contributed by atoms with Crippen LogP contribution in [0.25, 0.3) is 0 Å². The largest absolute Gasteiger partial charge is 0.340 e. The van der Waals surface area contributed by atoms with Gasteiger partial charge in [-0.3, -0.25) is 9.69 Å². The molecule has 0 radical (unpaired) electrons. The van der Waals surface area contributed by atoms with Crippen LogP contribution in [0.2, 0.25) is 4.34 Å². The molecule has 0 spiro atoms. The molecule has 1 saturated heterocycles. The van der Waals surface area contributed by atoms with Gasteiger partial charge in [0.1, 0.15) is 0 Å². The van der Waals surface area contributed by atoms with E-state index in [0.29, 0.717) is 18.4 Å². The van der Waals surface area contributed by atoms with E-state index in [1.54, 1.807) is 11.3 Å². The Labute approximate surface area is 141 Å². The van der Waals surface area contributed by atoms with E-state index in [9.17, 15) is 4.79 Å². The van der Waals surface area contributed by atoms with Crippen molar-refractivity contribution < 1.29 is 4.79 Å². The zero-order valence-electron chi connectivity index (χ0n) is 12.8. The minimum atomic E-state index is 0.174. The lowest BCUT2D eigenvalue weighted by Gasteiger charge is -2.36. The van der Waals surface area contributed by atoms with Gasteiger partial charge >= 0.3 is 0 Å². The highest BCUT2D eigenvalue weighted by atomic mass is 35.5. The molecule has 2 atom stereocenters. The van der Waals surface area contributed by atoms with Gasteiger partial charge in [-0.05, 0) is 37.4 Å². The average molecular weight is 342 g/mol. The first-order valence-electron chi connectivity index (χ1n) is 8.13. The number of hydrogen-bond acceptors (Lipinski definition) is 4. The Morgan fingerprint density at radius 1 is 1.27 bits per heavy atom. The van der Waals surface area contributed by atoms with Crippen LogP contribution in [0.4, 0.5) is 0 Å². The molecule has 4 nitrogen and oxygen atoms in total. The monoisotopic (exact) mass is 341 g/mol. The second-order valence-electron chi connectivity index (χ2n) is 6.34. The molecule has 22 heavy (non-hydrogen) atoms. The summed E-state index contributed by atoms with van der Waals surface area (Å²) in [5, 5.41) is 0. The predicted molar refractivity (Wildman–Crippen MR) is 91.1 cm³/mol. The molecule has 1 amide bonds. The van der Waals surface area contributed by atoms with Gasteiger partial charge in [-0.2, -0.15) is 0 Å². The summed E-state index contributed by atoms with van der Waals surface area (Å²) in [5.41, 5.74) is 5.81. The number of nitrogens with zero attached hydrogens (tertiary/aromatic N) is 2. The zero-order chi connectivity index (χ0) is 15.5. The fourth-order valence-corrected chi connectivity index (χ4v) is 4.79. The van der Waals surface area contributed by atoms with Gasteiger partial charge in [-0.25, -0.2) is 0 Å². The van der Waals surface area contributed by atoms with Crippen molar-refractivity contribution in [2.45, 2.75) is 25.8 Å². The molecule has 2 aliphatic rings. The van der Waals surface area contributed by atoms with Crippen LogP contribution < -0.4 is 5.73 Å². The molecule has 1 aromatic heterocycles. The van der Waals surface area contributed by atoms with Crippen LogP contribution in [0.1, 0.15) is 24.1 Å². The van der Waals surface area contributed by atoms with Crippen LogP contribution in [0.5, 0.6) is 0 Å². The normalized spacial score (nSPS) is 26.5. The van der Waals surface area contributed by atoms with E-state index in [0.717, 1.165) is 56.3 Å². The van der Waals surface area contributed by atoms with Crippen molar-refractivity contribution in [1.82, 2.24) is 9.80 Å². The molecular weight excluding hydrogens is 318 g/mol. The van der Waals surface area contributed by atoms with Gasteiger partial charge in [-0.15, -0.1) is 11.3 Å². The maximum absolute atomic E-state index is 12.7. The number of hydrogen-bond donors (Lipinski definition) is 1. The molecule has 0 aromatic carbocycles. The maximum atomic E-state index is 12.7. The van der Waals surface area contributed by atoms with Gasteiger partial charge in [0.25, 0.3) is 0 Å². The molecule has 2 fully saturated rings. The number of rotatable bonds is 4. The molecule has 1 saturated carbocycles. The van der Waals surface area contributed by atoms with E-state index < -0.39 is 0 Å². The van der Waals surface area contributed by atoms with E-state index in [2.05, 4.69) is 15.9 Å².